The van der Waals surface area contributed by atoms with Crippen molar-refractivity contribution in [3.63, 3.8) is 0 Å². The smallest absolute Gasteiger partial charge is 0.313 e. The lowest BCUT2D eigenvalue weighted by Gasteiger charge is -2.29. The van der Waals surface area contributed by atoms with Gasteiger partial charge in [-0.15, -0.1) is 0 Å². The molecule has 0 aliphatic carbocycles. The number of nitrogen functional groups attached to an aromatic ring is 1. The van der Waals surface area contributed by atoms with Crippen LogP contribution in [0.1, 0.15) is 35.3 Å². The summed E-state index contributed by atoms with van der Waals surface area (Å²) in [6, 6.07) is 7.40. The molecule has 4 N–H and O–H groups in total. The number of amides is 2. The number of ether oxygens (including phenoxy) is 1. The van der Waals surface area contributed by atoms with Gasteiger partial charge in [0.15, 0.2) is 0 Å². The first-order valence-electron chi connectivity index (χ1n) is 10.9. The van der Waals surface area contributed by atoms with Crippen LogP contribution in [0.5, 0.6) is 0 Å². The molecule has 1 atom stereocenters. The maximum absolute atomic E-state index is 14.6. The summed E-state index contributed by atoms with van der Waals surface area (Å²) in [7, 11) is 0. The van der Waals surface area contributed by atoms with Gasteiger partial charge in [-0.3, -0.25) is 19.7 Å². The van der Waals surface area contributed by atoms with Crippen LogP contribution in [0.25, 0.3) is 10.9 Å². The quantitative estimate of drug-likeness (QED) is 0.377. The molecule has 1 aliphatic rings. The number of fused-ring (bicyclic) bond motifs is 2. The third kappa shape index (κ3) is 4.28. The third-order valence-electron chi connectivity index (χ3n) is 6.04. The molecule has 178 valence electrons. The number of halogens is 1. The van der Waals surface area contributed by atoms with Crippen LogP contribution < -0.4 is 11.1 Å². The second kappa shape index (κ2) is 9.11. The van der Waals surface area contributed by atoms with Crippen LogP contribution in [0.15, 0.2) is 48.9 Å². The predicted octanol–water partition coefficient (Wildman–Crippen LogP) is 2.83. The van der Waals surface area contributed by atoms with E-state index in [1.54, 1.807) is 13.1 Å². The highest BCUT2D eigenvalue weighted by molar-refractivity contribution is 6.39. The van der Waals surface area contributed by atoms with Gasteiger partial charge < -0.3 is 20.7 Å². The summed E-state index contributed by atoms with van der Waals surface area (Å²) < 4.78 is 20.0. The van der Waals surface area contributed by atoms with E-state index in [1.807, 2.05) is 18.2 Å². The molecular formula is C24H22FN7O3. The van der Waals surface area contributed by atoms with E-state index in [4.69, 9.17) is 10.5 Å². The van der Waals surface area contributed by atoms with Gasteiger partial charge in [0.1, 0.15) is 11.6 Å². The lowest BCUT2D eigenvalue weighted by atomic mass is 10.1. The van der Waals surface area contributed by atoms with Crippen LogP contribution in [0, 0.1) is 5.82 Å². The van der Waals surface area contributed by atoms with Gasteiger partial charge in [-0.25, -0.2) is 9.37 Å². The molecule has 35 heavy (non-hydrogen) atoms. The van der Waals surface area contributed by atoms with E-state index in [0.717, 1.165) is 16.5 Å². The largest absolute Gasteiger partial charge is 0.383 e. The highest BCUT2D eigenvalue weighted by Crippen LogP contribution is 2.30. The molecule has 2 amide bonds. The number of aromatic nitrogens is 4. The molecule has 4 heterocycles. The normalized spacial score (nSPS) is 13.4. The second-order valence-electron chi connectivity index (χ2n) is 8.23. The molecule has 10 nitrogen and oxygen atoms in total. The maximum atomic E-state index is 14.6. The van der Waals surface area contributed by atoms with Gasteiger partial charge in [0.25, 0.3) is 0 Å². The molecule has 0 fully saturated rings. The zero-order valence-electron chi connectivity index (χ0n) is 18.8. The lowest BCUT2D eigenvalue weighted by Crippen LogP contribution is -2.41. The van der Waals surface area contributed by atoms with Crippen molar-refractivity contribution in [2.45, 2.75) is 32.7 Å². The number of nitrogens with one attached hydrogen (secondary N) is 2. The minimum atomic E-state index is -0.891. The van der Waals surface area contributed by atoms with E-state index in [2.05, 4.69) is 25.5 Å². The Bertz CT molecular complexity index is 1440. The Kier molecular flexibility index (Phi) is 5.83. The number of carbonyl (C=O) groups is 2. The molecule has 1 aromatic carbocycles. The van der Waals surface area contributed by atoms with Crippen LogP contribution in [0.2, 0.25) is 0 Å². The summed E-state index contributed by atoms with van der Waals surface area (Å²) in [5, 5.41) is 10.3. The number of aromatic amines is 1. The fraction of sp³-hybridized carbons (Fsp3) is 0.208. The zero-order chi connectivity index (χ0) is 24.5. The molecule has 1 unspecified atom stereocenters. The van der Waals surface area contributed by atoms with Crippen LogP contribution >= 0.6 is 0 Å². The number of anilines is 2. The standard InChI is InChI=1S/C24H22FN7O3/c1-13(21-18(25)3-2-6-27-21)32(10-14-4-5-19-15(7-14)8-29-31-19)24(34)23(33)30-20-9-28-22(26)17-12-35-11-16(17)20/h2-9,13H,10-12H2,1H3,(H2,26,28)(H,29,31)(H,30,33). The van der Waals surface area contributed by atoms with Gasteiger partial charge >= 0.3 is 11.8 Å². The summed E-state index contributed by atoms with van der Waals surface area (Å²) in [4.78, 5) is 36.0. The second-order valence-corrected chi connectivity index (χ2v) is 8.23. The first kappa shape index (κ1) is 22.4. The number of nitrogens with zero attached hydrogens (tertiary/aromatic N) is 4. The summed E-state index contributed by atoms with van der Waals surface area (Å²) in [5.74, 6) is -1.99. The maximum Gasteiger partial charge on any atom is 0.313 e. The Labute approximate surface area is 199 Å². The Balaban J connectivity index is 1.45. The number of benzene rings is 1. The Hall–Kier alpha value is -4.38. The van der Waals surface area contributed by atoms with E-state index in [1.165, 1.54) is 29.4 Å². The van der Waals surface area contributed by atoms with Gasteiger partial charge in [0, 0.05) is 29.3 Å². The molecule has 11 heteroatoms. The van der Waals surface area contributed by atoms with Crippen molar-refractivity contribution in [2.75, 3.05) is 11.1 Å². The molecule has 4 aromatic rings. The summed E-state index contributed by atoms with van der Waals surface area (Å²) in [5.41, 5.74) is 9.23. The Morgan fingerprint density at radius 3 is 2.89 bits per heavy atom. The van der Waals surface area contributed by atoms with E-state index < -0.39 is 23.7 Å². The van der Waals surface area contributed by atoms with E-state index >= 15 is 0 Å². The molecule has 0 saturated heterocycles. The number of rotatable bonds is 5. The predicted molar refractivity (Wildman–Crippen MR) is 125 cm³/mol. The van der Waals surface area contributed by atoms with E-state index in [0.29, 0.717) is 22.6 Å². The molecule has 0 bridgehead atoms. The van der Waals surface area contributed by atoms with Crippen LogP contribution in [-0.2, 0) is 34.1 Å². The number of pyridine rings is 2. The topological polar surface area (TPSA) is 139 Å². The highest BCUT2D eigenvalue weighted by atomic mass is 19.1. The molecule has 0 radical (unpaired) electrons. The van der Waals surface area contributed by atoms with Crippen molar-refractivity contribution in [3.05, 3.63) is 77.1 Å². The zero-order valence-corrected chi connectivity index (χ0v) is 18.8. The molecule has 3 aromatic heterocycles. The monoisotopic (exact) mass is 475 g/mol. The number of hydrogen-bond acceptors (Lipinski definition) is 7. The molecule has 0 saturated carbocycles. The fourth-order valence-corrected chi connectivity index (χ4v) is 4.13. The SMILES string of the molecule is CC(c1ncccc1F)N(Cc1ccc2[nH]ncc2c1)C(=O)C(=O)Nc1cnc(N)c2c1COC2. The molecule has 1 aliphatic heterocycles. The number of H-pyrrole nitrogens is 1. The first-order valence-corrected chi connectivity index (χ1v) is 10.9. The van der Waals surface area contributed by atoms with Crippen molar-refractivity contribution in [1.82, 2.24) is 25.1 Å². The minimum absolute atomic E-state index is 0.0474. The molecule has 5 rings (SSSR count). The van der Waals surface area contributed by atoms with Crippen molar-refractivity contribution in [1.29, 1.82) is 0 Å². The molecular weight excluding hydrogens is 453 g/mol. The van der Waals surface area contributed by atoms with Crippen molar-refractivity contribution >= 4 is 34.2 Å². The van der Waals surface area contributed by atoms with E-state index in [-0.39, 0.29) is 25.5 Å². The van der Waals surface area contributed by atoms with Crippen molar-refractivity contribution < 1.29 is 18.7 Å². The van der Waals surface area contributed by atoms with Gasteiger partial charge in [-0.05, 0) is 36.8 Å². The highest BCUT2D eigenvalue weighted by Gasteiger charge is 2.31. The summed E-state index contributed by atoms with van der Waals surface area (Å²) in [6.45, 7) is 2.20. The number of hydrogen-bond donors (Lipinski definition) is 3. The van der Waals surface area contributed by atoms with Gasteiger partial charge in [0.05, 0.1) is 48.5 Å². The first-order chi connectivity index (χ1) is 16.9. The van der Waals surface area contributed by atoms with Gasteiger partial charge in [0.2, 0.25) is 0 Å². The molecule has 0 spiro atoms. The van der Waals surface area contributed by atoms with Crippen LogP contribution in [0.3, 0.4) is 0 Å². The van der Waals surface area contributed by atoms with Crippen molar-refractivity contribution in [2.24, 2.45) is 0 Å². The van der Waals surface area contributed by atoms with Crippen LogP contribution in [0.4, 0.5) is 15.9 Å². The van der Waals surface area contributed by atoms with Gasteiger partial charge in [-0.2, -0.15) is 5.10 Å². The van der Waals surface area contributed by atoms with Crippen LogP contribution in [-0.4, -0.2) is 36.9 Å². The third-order valence-corrected chi connectivity index (χ3v) is 6.04. The van der Waals surface area contributed by atoms with Gasteiger partial charge in [-0.1, -0.05) is 6.07 Å². The summed E-state index contributed by atoms with van der Waals surface area (Å²) >= 11 is 0. The Morgan fingerprint density at radius 2 is 2.06 bits per heavy atom. The number of nitrogens with two attached hydrogens (primary N) is 1. The Morgan fingerprint density at radius 1 is 1.23 bits per heavy atom. The average molecular weight is 475 g/mol. The minimum Gasteiger partial charge on any atom is -0.383 e. The average Bonchev–Trinajstić information content (AvgIpc) is 3.54. The van der Waals surface area contributed by atoms with E-state index in [9.17, 15) is 14.0 Å². The van der Waals surface area contributed by atoms with Crippen molar-refractivity contribution in [3.8, 4) is 0 Å². The summed E-state index contributed by atoms with van der Waals surface area (Å²) in [6.07, 6.45) is 4.50. The lowest BCUT2D eigenvalue weighted by molar-refractivity contribution is -0.145. The fourth-order valence-electron chi connectivity index (χ4n) is 4.13. The number of carbonyl (C=O) groups excluding carboxylic acids is 2.